The minimum Gasteiger partial charge on any atom is -0.432 e. The Morgan fingerprint density at radius 2 is 1.25 bits per heavy atom. The molecule has 154 valence electrons. The van der Waals surface area contributed by atoms with Crippen molar-refractivity contribution in [3.8, 4) is 5.75 Å². The van der Waals surface area contributed by atoms with E-state index in [9.17, 15) is 39.5 Å². The Morgan fingerprint density at radius 3 is 1.64 bits per heavy atom. The van der Waals surface area contributed by atoms with Crippen LogP contribution in [0.25, 0.3) is 0 Å². The maximum absolute atomic E-state index is 14.8. The molecule has 28 heavy (non-hydrogen) atoms. The molecule has 0 aliphatic rings. The van der Waals surface area contributed by atoms with Crippen molar-refractivity contribution in [2.75, 3.05) is 0 Å². The summed E-state index contributed by atoms with van der Waals surface area (Å²) in [5, 5.41) is 0. The molecule has 0 saturated carbocycles. The molecule has 0 heterocycles. The molecule has 1 unspecified atom stereocenters. The molecule has 0 aliphatic heterocycles. The van der Waals surface area contributed by atoms with Crippen molar-refractivity contribution in [3.05, 3.63) is 64.7 Å². The first kappa shape index (κ1) is 21.9. The fourth-order valence-corrected chi connectivity index (χ4v) is 2.69. The average molecular weight is 416 g/mol. The van der Waals surface area contributed by atoms with Gasteiger partial charge in [-0.1, -0.05) is 13.0 Å². The molecule has 1 nitrogen and oxygen atoms in total. The molecular formula is C18H13F9O. The van der Waals surface area contributed by atoms with Crippen LogP contribution >= 0.6 is 0 Å². The lowest BCUT2D eigenvalue weighted by Crippen LogP contribution is -2.48. The Bertz CT molecular complexity index is 833. The third-order valence-corrected chi connectivity index (χ3v) is 4.41. The van der Waals surface area contributed by atoms with Crippen molar-refractivity contribution in [1.82, 2.24) is 0 Å². The Labute approximate surface area is 153 Å². The van der Waals surface area contributed by atoms with E-state index in [2.05, 4.69) is 4.74 Å². The van der Waals surface area contributed by atoms with Gasteiger partial charge < -0.3 is 4.74 Å². The maximum Gasteiger partial charge on any atom is 0.422 e. The van der Waals surface area contributed by atoms with Crippen LogP contribution in [0.15, 0.2) is 30.3 Å². The Morgan fingerprint density at radius 1 is 0.786 bits per heavy atom. The van der Waals surface area contributed by atoms with E-state index >= 15 is 0 Å². The van der Waals surface area contributed by atoms with Crippen molar-refractivity contribution in [2.24, 2.45) is 0 Å². The van der Waals surface area contributed by atoms with Crippen molar-refractivity contribution in [1.29, 1.82) is 0 Å². The number of rotatable bonds is 5. The topological polar surface area (TPSA) is 9.23 Å². The molecule has 2 aromatic carbocycles. The van der Waals surface area contributed by atoms with Crippen molar-refractivity contribution in [2.45, 2.75) is 38.0 Å². The highest BCUT2D eigenvalue weighted by molar-refractivity contribution is 5.34. The number of benzene rings is 2. The van der Waals surface area contributed by atoms with Gasteiger partial charge in [-0.25, -0.2) is 17.6 Å². The van der Waals surface area contributed by atoms with Crippen LogP contribution in [-0.2, 0) is 11.6 Å². The molecule has 0 radical (unpaired) electrons. The molecule has 0 bridgehead atoms. The van der Waals surface area contributed by atoms with Gasteiger partial charge in [0, 0.05) is 17.7 Å². The standard InChI is InChI=1S/C18H13F9O/c1-3-16(2,14-10(19)5-4-6-11(14)20)18(26,27)28-9-7-12(21)15(13(22)8-9)17(23,24)25/h4-8H,3H2,1-2H3. The minimum atomic E-state index is -5.40. The van der Waals surface area contributed by atoms with Gasteiger partial charge in [-0.05, 0) is 25.5 Å². The van der Waals surface area contributed by atoms with Crippen LogP contribution in [0, 0.1) is 23.3 Å². The first-order valence-electron chi connectivity index (χ1n) is 7.82. The predicted molar refractivity (Wildman–Crippen MR) is 80.9 cm³/mol. The summed E-state index contributed by atoms with van der Waals surface area (Å²) in [7, 11) is 0. The largest absolute Gasteiger partial charge is 0.432 e. The first-order chi connectivity index (χ1) is 12.7. The summed E-state index contributed by atoms with van der Waals surface area (Å²) in [6, 6.07) is 2.27. The summed E-state index contributed by atoms with van der Waals surface area (Å²) in [6.07, 6.45) is -10.4. The van der Waals surface area contributed by atoms with Gasteiger partial charge in [0.25, 0.3) is 0 Å². The Hall–Kier alpha value is -2.39. The maximum atomic E-state index is 14.8. The lowest BCUT2D eigenvalue weighted by molar-refractivity contribution is -0.228. The number of halogens is 9. The molecule has 0 aromatic heterocycles. The Balaban J connectivity index is 2.52. The fourth-order valence-electron chi connectivity index (χ4n) is 2.69. The summed E-state index contributed by atoms with van der Waals surface area (Å²) >= 11 is 0. The van der Waals surface area contributed by atoms with E-state index in [0.29, 0.717) is 0 Å². The van der Waals surface area contributed by atoms with E-state index in [4.69, 9.17) is 0 Å². The van der Waals surface area contributed by atoms with Crippen LogP contribution < -0.4 is 4.74 Å². The normalized spacial score (nSPS) is 14.7. The summed E-state index contributed by atoms with van der Waals surface area (Å²) in [5.41, 5.74) is -5.95. The van der Waals surface area contributed by atoms with E-state index in [1.54, 1.807) is 0 Å². The van der Waals surface area contributed by atoms with Crippen molar-refractivity contribution < 1.29 is 44.3 Å². The van der Waals surface area contributed by atoms with Crippen LogP contribution in [0.2, 0.25) is 0 Å². The van der Waals surface area contributed by atoms with E-state index in [-0.39, 0.29) is 12.1 Å². The number of hydrogen-bond acceptors (Lipinski definition) is 1. The summed E-state index contributed by atoms with van der Waals surface area (Å²) < 4.78 is 127. The first-order valence-corrected chi connectivity index (χ1v) is 7.82. The summed E-state index contributed by atoms with van der Waals surface area (Å²) in [6.45, 7) is 1.92. The Kier molecular flexibility index (Phi) is 5.64. The molecule has 1 atom stereocenters. The molecular weight excluding hydrogens is 403 g/mol. The lowest BCUT2D eigenvalue weighted by atomic mass is 9.78. The monoisotopic (exact) mass is 416 g/mol. The molecule has 0 aliphatic carbocycles. The van der Waals surface area contributed by atoms with E-state index in [1.165, 1.54) is 0 Å². The van der Waals surface area contributed by atoms with E-state index in [0.717, 1.165) is 32.0 Å². The highest BCUT2D eigenvalue weighted by atomic mass is 19.4. The average Bonchev–Trinajstić information content (AvgIpc) is 2.51. The number of hydrogen-bond donors (Lipinski definition) is 0. The highest BCUT2D eigenvalue weighted by Gasteiger charge is 2.55. The molecule has 0 saturated heterocycles. The third kappa shape index (κ3) is 3.77. The van der Waals surface area contributed by atoms with Gasteiger partial charge in [-0.2, -0.15) is 22.0 Å². The van der Waals surface area contributed by atoms with Crippen molar-refractivity contribution in [3.63, 3.8) is 0 Å². The number of ether oxygens (including phenoxy) is 1. The SMILES string of the molecule is CCC(C)(c1c(F)cccc1F)C(F)(F)Oc1cc(F)c(C(F)(F)F)c(F)c1. The molecule has 0 amide bonds. The van der Waals surface area contributed by atoms with Gasteiger partial charge in [0.15, 0.2) is 0 Å². The zero-order chi connectivity index (χ0) is 21.5. The summed E-state index contributed by atoms with van der Waals surface area (Å²) in [4.78, 5) is 0. The van der Waals surface area contributed by atoms with Gasteiger partial charge in [0.05, 0.1) is 0 Å². The number of alkyl halides is 5. The highest BCUT2D eigenvalue weighted by Crippen LogP contribution is 2.46. The minimum absolute atomic E-state index is 0.0758. The predicted octanol–water partition coefficient (Wildman–Crippen LogP) is 6.60. The fraction of sp³-hybridized carbons (Fsp3) is 0.333. The third-order valence-electron chi connectivity index (χ3n) is 4.41. The van der Waals surface area contributed by atoms with Gasteiger partial charge >= 0.3 is 12.3 Å². The van der Waals surface area contributed by atoms with Crippen LogP contribution in [-0.4, -0.2) is 6.11 Å². The quantitative estimate of drug-likeness (QED) is 0.499. The molecule has 2 rings (SSSR count). The summed E-state index contributed by atoms with van der Waals surface area (Å²) in [5.74, 6) is -8.23. The zero-order valence-electron chi connectivity index (χ0n) is 14.4. The van der Waals surface area contributed by atoms with Crippen molar-refractivity contribution >= 4 is 0 Å². The van der Waals surface area contributed by atoms with Crippen LogP contribution in [0.4, 0.5) is 39.5 Å². The molecule has 10 heteroatoms. The molecule has 2 aromatic rings. The molecule has 0 fully saturated rings. The van der Waals surface area contributed by atoms with Gasteiger partial charge in [0.2, 0.25) is 0 Å². The van der Waals surface area contributed by atoms with Gasteiger partial charge in [-0.3, -0.25) is 0 Å². The zero-order valence-corrected chi connectivity index (χ0v) is 14.4. The van der Waals surface area contributed by atoms with E-state index < -0.39 is 64.3 Å². The van der Waals surface area contributed by atoms with Gasteiger partial charge in [-0.15, -0.1) is 0 Å². The second-order valence-corrected chi connectivity index (χ2v) is 6.16. The van der Waals surface area contributed by atoms with Crippen LogP contribution in [0.1, 0.15) is 31.4 Å². The van der Waals surface area contributed by atoms with Crippen LogP contribution in [0.5, 0.6) is 5.75 Å². The van der Waals surface area contributed by atoms with Crippen LogP contribution in [0.3, 0.4) is 0 Å². The smallest absolute Gasteiger partial charge is 0.422 e. The lowest BCUT2D eigenvalue weighted by Gasteiger charge is -2.36. The van der Waals surface area contributed by atoms with Gasteiger partial charge in [0.1, 0.15) is 40.0 Å². The second kappa shape index (κ2) is 7.21. The second-order valence-electron chi connectivity index (χ2n) is 6.16. The molecule has 0 spiro atoms. The molecule has 0 N–H and O–H groups in total. The van der Waals surface area contributed by atoms with E-state index in [1.807, 2.05) is 0 Å².